The van der Waals surface area contributed by atoms with Crippen LogP contribution in [0.2, 0.25) is 0 Å². The van der Waals surface area contributed by atoms with Gasteiger partial charge in [-0.05, 0) is 19.2 Å². The van der Waals surface area contributed by atoms with Gasteiger partial charge in [-0.2, -0.15) is 11.8 Å². The third kappa shape index (κ3) is 4.11. The van der Waals surface area contributed by atoms with Gasteiger partial charge in [0.25, 0.3) is 11.6 Å². The number of amides is 1. The number of thioether (sulfide) groups is 1. The monoisotopic (exact) mass is 320 g/mol. The first-order valence-electron chi connectivity index (χ1n) is 5.89. The molecule has 0 aliphatic heterocycles. The number of benzene rings is 1. The maximum Gasteiger partial charge on any atom is 0.285 e. The molecule has 0 radical (unpaired) electrons. The molecule has 0 bridgehead atoms. The van der Waals surface area contributed by atoms with Crippen LogP contribution < -0.4 is 5.32 Å². The summed E-state index contributed by atoms with van der Waals surface area (Å²) in [6.45, 7) is 1.39. The highest BCUT2D eigenvalue weighted by Crippen LogP contribution is 2.22. The highest BCUT2D eigenvalue weighted by atomic mass is 32.2. The van der Waals surface area contributed by atoms with E-state index in [4.69, 9.17) is 5.11 Å². The zero-order valence-corrected chi connectivity index (χ0v) is 12.1. The Kier molecular flexibility index (Phi) is 6.03. The van der Waals surface area contributed by atoms with Crippen LogP contribution in [0.25, 0.3) is 0 Å². The minimum atomic E-state index is -1.40. The van der Waals surface area contributed by atoms with Crippen molar-refractivity contribution in [2.24, 2.45) is 0 Å². The first kappa shape index (κ1) is 17.3. The Morgan fingerprint density at radius 1 is 1.48 bits per heavy atom. The summed E-state index contributed by atoms with van der Waals surface area (Å²) < 4.78 is 26.2. The molecule has 2 unspecified atom stereocenters. The van der Waals surface area contributed by atoms with Crippen molar-refractivity contribution in [1.29, 1.82) is 0 Å². The molecule has 1 amide bonds. The summed E-state index contributed by atoms with van der Waals surface area (Å²) in [5.74, 6) is -3.65. The van der Waals surface area contributed by atoms with Gasteiger partial charge in [0.15, 0.2) is 11.6 Å². The fourth-order valence-corrected chi connectivity index (χ4v) is 2.31. The van der Waals surface area contributed by atoms with Crippen LogP contribution >= 0.6 is 11.8 Å². The molecule has 9 heteroatoms. The Hall–Kier alpha value is -1.74. The first-order chi connectivity index (χ1) is 9.81. The predicted octanol–water partition coefficient (Wildman–Crippen LogP) is 1.72. The second-order valence-corrected chi connectivity index (χ2v) is 5.34. The van der Waals surface area contributed by atoms with Crippen molar-refractivity contribution in [1.82, 2.24) is 5.32 Å². The van der Waals surface area contributed by atoms with Gasteiger partial charge in [0.05, 0.1) is 17.6 Å². The number of halogens is 2. The molecule has 0 aliphatic rings. The topological polar surface area (TPSA) is 92.5 Å². The van der Waals surface area contributed by atoms with E-state index < -0.39 is 39.8 Å². The summed E-state index contributed by atoms with van der Waals surface area (Å²) in [5, 5.41) is 22.0. The first-order valence-corrected chi connectivity index (χ1v) is 7.18. The van der Waals surface area contributed by atoms with Gasteiger partial charge in [-0.15, -0.1) is 0 Å². The summed E-state index contributed by atoms with van der Waals surface area (Å²) in [5.41, 5.74) is -1.38. The number of carbonyl (C=O) groups is 1. The minimum Gasteiger partial charge on any atom is -0.395 e. The maximum absolute atomic E-state index is 13.2. The third-order valence-electron chi connectivity index (χ3n) is 2.88. The maximum atomic E-state index is 13.2. The molecule has 1 rings (SSSR count). The Morgan fingerprint density at radius 2 is 2.05 bits per heavy atom. The van der Waals surface area contributed by atoms with E-state index >= 15 is 0 Å². The van der Waals surface area contributed by atoms with Crippen LogP contribution in [-0.2, 0) is 0 Å². The zero-order chi connectivity index (χ0) is 16.2. The highest BCUT2D eigenvalue weighted by Gasteiger charge is 2.26. The second-order valence-electron chi connectivity index (χ2n) is 4.26. The lowest BCUT2D eigenvalue weighted by Gasteiger charge is -2.21. The molecule has 6 nitrogen and oxygen atoms in total. The van der Waals surface area contributed by atoms with Gasteiger partial charge in [-0.25, -0.2) is 8.78 Å². The van der Waals surface area contributed by atoms with E-state index in [-0.39, 0.29) is 11.9 Å². The van der Waals surface area contributed by atoms with Crippen LogP contribution in [0.1, 0.15) is 17.3 Å². The fourth-order valence-electron chi connectivity index (χ4n) is 1.68. The van der Waals surface area contributed by atoms with E-state index in [1.165, 1.54) is 11.8 Å². The smallest absolute Gasteiger partial charge is 0.285 e. The van der Waals surface area contributed by atoms with Crippen molar-refractivity contribution in [2.75, 3.05) is 12.9 Å². The molecule has 0 fully saturated rings. The quantitative estimate of drug-likeness (QED) is 0.615. The van der Waals surface area contributed by atoms with Gasteiger partial charge in [0.2, 0.25) is 0 Å². The number of nitrogens with one attached hydrogen (secondary N) is 1. The molecule has 21 heavy (non-hydrogen) atoms. The lowest BCUT2D eigenvalue weighted by Crippen LogP contribution is -2.41. The van der Waals surface area contributed by atoms with Crippen molar-refractivity contribution in [3.63, 3.8) is 0 Å². The second kappa shape index (κ2) is 7.32. The zero-order valence-electron chi connectivity index (χ0n) is 11.3. The molecular formula is C12H14F2N2O4S. The van der Waals surface area contributed by atoms with Crippen LogP contribution in [-0.4, -0.2) is 40.1 Å². The fraction of sp³-hybridized carbons (Fsp3) is 0.417. The highest BCUT2D eigenvalue weighted by molar-refractivity contribution is 7.99. The Labute approximate surface area is 123 Å². The van der Waals surface area contributed by atoms with Crippen LogP contribution in [0.15, 0.2) is 12.1 Å². The molecule has 0 heterocycles. The molecule has 2 atom stereocenters. The Bertz CT molecular complexity index is 552. The number of rotatable bonds is 6. The van der Waals surface area contributed by atoms with E-state index in [0.29, 0.717) is 12.1 Å². The molecule has 116 valence electrons. The number of nitrogens with zero attached hydrogens (tertiary/aromatic N) is 1. The van der Waals surface area contributed by atoms with E-state index in [2.05, 4.69) is 5.32 Å². The Balaban J connectivity index is 3.07. The summed E-state index contributed by atoms with van der Waals surface area (Å²) in [7, 11) is 0. The van der Waals surface area contributed by atoms with E-state index in [9.17, 15) is 23.7 Å². The van der Waals surface area contributed by atoms with Gasteiger partial charge in [-0.1, -0.05) is 0 Å². The van der Waals surface area contributed by atoms with E-state index in [1.54, 1.807) is 13.2 Å². The molecule has 0 aliphatic carbocycles. The number of carbonyl (C=O) groups excluding carboxylic acids is 1. The van der Waals surface area contributed by atoms with Crippen LogP contribution in [0.3, 0.4) is 0 Å². The van der Waals surface area contributed by atoms with Crippen molar-refractivity contribution in [3.05, 3.63) is 39.4 Å². The summed E-state index contributed by atoms with van der Waals surface area (Å²) in [4.78, 5) is 21.8. The molecule has 0 saturated heterocycles. The van der Waals surface area contributed by atoms with Crippen molar-refractivity contribution < 1.29 is 23.6 Å². The number of hydrogen-bond acceptors (Lipinski definition) is 5. The number of aliphatic hydroxyl groups excluding tert-OH is 1. The van der Waals surface area contributed by atoms with Crippen molar-refractivity contribution in [3.8, 4) is 0 Å². The van der Waals surface area contributed by atoms with Crippen molar-refractivity contribution >= 4 is 23.4 Å². The summed E-state index contributed by atoms with van der Waals surface area (Å²) >= 11 is 1.30. The third-order valence-corrected chi connectivity index (χ3v) is 4.04. The molecule has 0 spiro atoms. The largest absolute Gasteiger partial charge is 0.395 e. The van der Waals surface area contributed by atoms with Crippen LogP contribution in [0.5, 0.6) is 0 Å². The summed E-state index contributed by atoms with van der Waals surface area (Å²) in [6, 6.07) is 0.348. The Morgan fingerprint density at radius 3 is 2.52 bits per heavy atom. The molecular weight excluding hydrogens is 306 g/mol. The molecule has 0 saturated carbocycles. The molecule has 1 aromatic rings. The van der Waals surface area contributed by atoms with Gasteiger partial charge in [-0.3, -0.25) is 14.9 Å². The van der Waals surface area contributed by atoms with Gasteiger partial charge in [0.1, 0.15) is 5.56 Å². The van der Waals surface area contributed by atoms with Gasteiger partial charge < -0.3 is 10.4 Å². The van der Waals surface area contributed by atoms with Gasteiger partial charge in [0, 0.05) is 11.3 Å². The van der Waals surface area contributed by atoms with Crippen molar-refractivity contribution in [2.45, 2.75) is 18.2 Å². The average molecular weight is 320 g/mol. The standard InChI is InChI=1S/C12H14F2N2O4S/c1-6(11(5-17)21-2)15-12(18)7-3-8(13)9(14)4-10(7)16(19)20/h3-4,6,11,17H,5H2,1-2H3,(H,15,18). The molecule has 0 aromatic heterocycles. The predicted molar refractivity (Wildman–Crippen MR) is 74.3 cm³/mol. The summed E-state index contributed by atoms with van der Waals surface area (Å²) in [6.07, 6.45) is 1.73. The van der Waals surface area contributed by atoms with Gasteiger partial charge >= 0.3 is 0 Å². The SMILES string of the molecule is CSC(CO)C(C)NC(=O)c1cc(F)c(F)cc1[N+](=O)[O-]. The van der Waals surface area contributed by atoms with E-state index in [0.717, 1.165) is 0 Å². The normalized spacial score (nSPS) is 13.6. The van der Waals surface area contributed by atoms with Crippen LogP contribution in [0, 0.1) is 21.7 Å². The lowest BCUT2D eigenvalue weighted by atomic mass is 10.1. The average Bonchev–Trinajstić information content (AvgIpc) is 2.42. The number of aliphatic hydroxyl groups is 1. The molecule has 2 N–H and O–H groups in total. The molecule has 1 aromatic carbocycles. The number of hydrogen-bond donors (Lipinski definition) is 2. The van der Waals surface area contributed by atoms with E-state index in [1.807, 2.05) is 0 Å². The number of nitro groups is 1. The van der Waals surface area contributed by atoms with Crippen LogP contribution in [0.4, 0.5) is 14.5 Å². The lowest BCUT2D eigenvalue weighted by molar-refractivity contribution is -0.385. The minimum absolute atomic E-state index is 0.206. The number of nitro benzene ring substituents is 1.